The highest BCUT2D eigenvalue weighted by Crippen LogP contribution is 2.49. The largest absolute Gasteiger partial charge is 0.504 e. The molecule has 1 aromatic heterocycles. The number of carbonyl (C=O) groups excluding carboxylic acids is 4. The van der Waals surface area contributed by atoms with Crippen LogP contribution in [0.3, 0.4) is 0 Å². The van der Waals surface area contributed by atoms with Gasteiger partial charge in [-0.05, 0) is 19.1 Å². The monoisotopic (exact) mass is 698 g/mol. The molecule has 0 aliphatic carbocycles. The minimum absolute atomic E-state index is 0.0613. The lowest BCUT2D eigenvalue weighted by molar-refractivity contribution is -0.151. The van der Waals surface area contributed by atoms with Gasteiger partial charge in [-0.3, -0.25) is 24.7 Å². The average Bonchev–Trinajstić information content (AvgIpc) is 3.70. The van der Waals surface area contributed by atoms with Crippen LogP contribution in [0.5, 0.6) is 11.5 Å². The Kier molecular flexibility index (Phi) is 8.49. The lowest BCUT2D eigenvalue weighted by atomic mass is 10.1. The van der Waals surface area contributed by atoms with Crippen molar-refractivity contribution in [2.75, 3.05) is 25.4 Å². The molecule has 0 radical (unpaired) electrons. The number of halogens is 1. The van der Waals surface area contributed by atoms with Crippen LogP contribution in [-0.4, -0.2) is 124 Å². The average molecular weight is 699 g/mol. The third-order valence-electron chi connectivity index (χ3n) is 7.11. The van der Waals surface area contributed by atoms with Gasteiger partial charge in [0.1, 0.15) is 17.1 Å². The number of β-lactam (4-membered cyclic amide) rings is 1. The van der Waals surface area contributed by atoms with E-state index in [0.717, 1.165) is 50.0 Å². The number of aromatic hydroxyl groups is 2. The second kappa shape index (κ2) is 12.1. The number of aromatic nitrogens is 1. The van der Waals surface area contributed by atoms with Crippen molar-refractivity contribution in [1.82, 2.24) is 30.5 Å². The standard InChI is InChI=1S/C24H23ClN8O11S2/c1-8(20(39)40)44-30-13(10-6-45-22(26)27-10)17(37)28-14-18(38)31-7-24(21(41)42,46-19(14)31)32-4-5-33(23(32)43)29-16(36)9-2-3-11(34)15(35)12(9)25/h2-3,6,8,14,19,34-35H,4-5,7H2,1H3,(H2,26,27)(H,28,37)(H,29,36)(H,39,40)(H,41,42)/b30-13-/t8?,14-,19-,24-/m1/s1. The molecule has 4 heterocycles. The first-order chi connectivity index (χ1) is 21.7. The van der Waals surface area contributed by atoms with Crippen molar-refractivity contribution in [1.29, 1.82) is 0 Å². The first-order valence-electron chi connectivity index (χ1n) is 13.0. The Labute approximate surface area is 270 Å². The second-order valence-electron chi connectivity index (χ2n) is 9.93. The molecule has 3 fully saturated rings. The van der Waals surface area contributed by atoms with Crippen molar-refractivity contribution in [3.63, 3.8) is 0 Å². The van der Waals surface area contributed by atoms with Crippen LogP contribution >= 0.6 is 34.7 Å². The number of carbonyl (C=O) groups is 6. The zero-order valence-electron chi connectivity index (χ0n) is 23.2. The van der Waals surface area contributed by atoms with Gasteiger partial charge in [0.15, 0.2) is 22.3 Å². The Hall–Kier alpha value is -5.02. The van der Waals surface area contributed by atoms with Crippen molar-refractivity contribution in [3.05, 3.63) is 33.8 Å². The van der Waals surface area contributed by atoms with Crippen molar-refractivity contribution >= 4 is 81.2 Å². The number of oxime groups is 1. The number of fused-ring (bicyclic) bond motifs is 1. The summed E-state index contributed by atoms with van der Waals surface area (Å²) in [6.07, 6.45) is -1.44. The first-order valence-corrected chi connectivity index (χ1v) is 15.1. The summed E-state index contributed by atoms with van der Waals surface area (Å²) in [7, 11) is 0. The number of nitrogens with one attached hydrogen (secondary N) is 2. The van der Waals surface area contributed by atoms with Gasteiger partial charge in [-0.2, -0.15) is 0 Å². The predicted octanol–water partition coefficient (Wildman–Crippen LogP) is -0.753. The molecule has 244 valence electrons. The highest BCUT2D eigenvalue weighted by Gasteiger charge is 2.66. The number of rotatable bonds is 10. The lowest BCUT2D eigenvalue weighted by Crippen LogP contribution is -2.68. The number of amides is 5. The van der Waals surface area contributed by atoms with Gasteiger partial charge in [-0.1, -0.05) is 28.5 Å². The molecule has 5 amide bonds. The summed E-state index contributed by atoms with van der Waals surface area (Å²) in [5, 5.41) is 45.6. The smallest absolute Gasteiger partial charge is 0.347 e. The van der Waals surface area contributed by atoms with E-state index < -0.39 is 86.9 Å². The number of aliphatic carboxylic acids is 2. The third kappa shape index (κ3) is 5.51. The van der Waals surface area contributed by atoms with E-state index in [0.29, 0.717) is 0 Å². The van der Waals surface area contributed by atoms with Crippen LogP contribution in [0, 0.1) is 0 Å². The normalized spacial score (nSPS) is 23.1. The number of nitrogens with two attached hydrogens (primary N) is 1. The summed E-state index contributed by atoms with van der Waals surface area (Å²) in [6.45, 7) is 0.382. The number of anilines is 1. The molecule has 1 unspecified atom stereocenters. The number of hydrazine groups is 1. The van der Waals surface area contributed by atoms with Crippen LogP contribution in [0.2, 0.25) is 5.02 Å². The quantitative estimate of drug-likeness (QED) is 0.0696. The predicted molar refractivity (Wildman–Crippen MR) is 158 cm³/mol. The molecule has 19 nitrogen and oxygen atoms in total. The highest BCUT2D eigenvalue weighted by atomic mass is 35.5. The van der Waals surface area contributed by atoms with E-state index in [1.54, 1.807) is 0 Å². The maximum Gasteiger partial charge on any atom is 0.347 e. The van der Waals surface area contributed by atoms with Crippen LogP contribution < -0.4 is 16.5 Å². The summed E-state index contributed by atoms with van der Waals surface area (Å²) in [5.74, 6) is -6.72. The maximum atomic E-state index is 13.3. The van der Waals surface area contributed by atoms with Crippen molar-refractivity contribution in [2.45, 2.75) is 29.3 Å². The number of urea groups is 1. The van der Waals surface area contributed by atoms with Crippen molar-refractivity contribution in [2.24, 2.45) is 5.16 Å². The number of phenolic OH excluding ortho intramolecular Hbond substituents is 2. The van der Waals surface area contributed by atoms with Gasteiger partial charge in [0.25, 0.3) is 11.8 Å². The molecule has 2 aromatic rings. The number of hydrogen-bond donors (Lipinski definition) is 7. The number of benzene rings is 1. The summed E-state index contributed by atoms with van der Waals surface area (Å²) >= 11 is 7.61. The summed E-state index contributed by atoms with van der Waals surface area (Å²) in [6, 6.07) is -0.0583. The molecule has 8 N–H and O–H groups in total. The number of carboxylic acids is 2. The molecular formula is C24H23ClN8O11S2. The number of hydrogen-bond acceptors (Lipinski definition) is 14. The van der Waals surface area contributed by atoms with Crippen LogP contribution in [0.4, 0.5) is 9.93 Å². The van der Waals surface area contributed by atoms with Gasteiger partial charge in [-0.15, -0.1) is 11.3 Å². The van der Waals surface area contributed by atoms with Gasteiger partial charge in [0.2, 0.25) is 16.9 Å². The van der Waals surface area contributed by atoms with Gasteiger partial charge in [-0.25, -0.2) is 24.4 Å². The number of thioether (sulfide) groups is 1. The molecular weight excluding hydrogens is 676 g/mol. The SMILES string of the molecule is CC(O/N=C(\C(=O)N[C@@H]1C(=O)N2C[C@@](C(=O)O)(N3CCN(NC(=O)c4ccc(O)c(O)c4Cl)C3=O)S[C@H]12)c1csc(N)n1)C(=O)O. The van der Waals surface area contributed by atoms with Gasteiger partial charge >= 0.3 is 18.0 Å². The van der Waals surface area contributed by atoms with E-state index in [-0.39, 0.29) is 29.5 Å². The van der Waals surface area contributed by atoms with Crippen molar-refractivity contribution in [3.8, 4) is 11.5 Å². The molecule has 0 saturated carbocycles. The highest BCUT2D eigenvalue weighted by molar-refractivity contribution is 8.02. The zero-order chi connectivity index (χ0) is 33.7. The summed E-state index contributed by atoms with van der Waals surface area (Å²) in [4.78, 5) is 85.1. The number of carboxylic acid groups (broad SMARTS) is 2. The van der Waals surface area contributed by atoms with E-state index >= 15 is 0 Å². The van der Waals surface area contributed by atoms with Crippen molar-refractivity contribution < 1.29 is 54.0 Å². The van der Waals surface area contributed by atoms with Crippen LogP contribution in [0.15, 0.2) is 22.7 Å². The van der Waals surface area contributed by atoms with E-state index in [1.165, 1.54) is 12.3 Å². The molecule has 0 spiro atoms. The molecule has 4 atom stereocenters. The zero-order valence-corrected chi connectivity index (χ0v) is 25.6. The van der Waals surface area contributed by atoms with Gasteiger partial charge in [0.05, 0.1) is 23.7 Å². The molecule has 3 aliphatic rings. The first kappa shape index (κ1) is 32.4. The molecule has 3 saturated heterocycles. The minimum atomic E-state index is -2.01. The number of nitrogens with zero attached hydrogens (tertiary/aromatic N) is 5. The summed E-state index contributed by atoms with van der Waals surface area (Å²) < 4.78 is 0. The Bertz CT molecular complexity index is 1710. The molecule has 5 rings (SSSR count). The topological polar surface area (TPSA) is 278 Å². The Morgan fingerprint density at radius 1 is 1.22 bits per heavy atom. The molecule has 46 heavy (non-hydrogen) atoms. The maximum absolute atomic E-state index is 13.3. The fourth-order valence-corrected chi connectivity index (χ4v) is 7.11. The molecule has 22 heteroatoms. The van der Waals surface area contributed by atoms with E-state index in [4.69, 9.17) is 27.3 Å². The van der Waals surface area contributed by atoms with Crippen LogP contribution in [-0.2, 0) is 24.0 Å². The summed E-state index contributed by atoms with van der Waals surface area (Å²) in [5.41, 5.74) is 7.12. The number of thiazole rings is 1. The Morgan fingerprint density at radius 3 is 2.57 bits per heavy atom. The minimum Gasteiger partial charge on any atom is -0.504 e. The van der Waals surface area contributed by atoms with Crippen LogP contribution in [0.1, 0.15) is 23.0 Å². The molecule has 0 bridgehead atoms. The number of nitrogen functional groups attached to an aromatic ring is 1. The van der Waals surface area contributed by atoms with E-state index in [9.17, 15) is 44.1 Å². The van der Waals surface area contributed by atoms with Crippen LogP contribution in [0.25, 0.3) is 0 Å². The lowest BCUT2D eigenvalue weighted by Gasteiger charge is -2.41. The van der Waals surface area contributed by atoms with E-state index in [1.807, 2.05) is 0 Å². The Balaban J connectivity index is 1.31. The number of phenols is 2. The Morgan fingerprint density at radius 2 is 1.93 bits per heavy atom. The van der Waals surface area contributed by atoms with Gasteiger partial charge in [0, 0.05) is 11.9 Å². The van der Waals surface area contributed by atoms with E-state index in [2.05, 4.69) is 20.9 Å². The second-order valence-corrected chi connectivity index (χ2v) is 12.6. The fourth-order valence-electron chi connectivity index (χ4n) is 4.68. The third-order valence-corrected chi connectivity index (χ3v) is 9.85. The molecule has 3 aliphatic heterocycles. The van der Waals surface area contributed by atoms with Gasteiger partial charge < -0.3 is 41.2 Å². The fraction of sp³-hybridized carbons (Fsp3) is 0.333. The molecule has 1 aromatic carbocycles.